The monoisotopic (exact) mass is 803 g/mol. The molecule has 4 amide bonds. The van der Waals surface area contributed by atoms with Gasteiger partial charge in [0.15, 0.2) is 5.78 Å². The van der Waals surface area contributed by atoms with Crippen LogP contribution in [0.1, 0.15) is 83.3 Å². The summed E-state index contributed by atoms with van der Waals surface area (Å²) in [5, 5.41) is 3.12. The number of fused-ring (bicyclic) bond motifs is 3. The van der Waals surface area contributed by atoms with Crippen molar-refractivity contribution in [3.8, 4) is 0 Å². The Morgan fingerprint density at radius 3 is 2.50 bits per heavy atom. The molecule has 1 saturated carbocycles. The number of carbonyl (C=O) groups excluding carboxylic acids is 5. The number of Topliss-reactive ketones (excluding diaryl/α,β-unsaturated/α-hetero) is 1. The first-order chi connectivity index (χ1) is 25.2. The fourth-order valence-corrected chi connectivity index (χ4v) is 8.24. The Morgan fingerprint density at radius 2 is 1.81 bits per heavy atom. The molecule has 54 heavy (non-hydrogen) atoms. The molecule has 2 fully saturated rings. The molecule has 14 nitrogen and oxygen atoms in total. The second-order valence-corrected chi connectivity index (χ2v) is 17.1. The molecule has 0 bridgehead atoms. The molecule has 3 N–H and O–H groups in total. The van der Waals surface area contributed by atoms with Crippen LogP contribution in [0, 0.1) is 11.3 Å². The van der Waals surface area contributed by atoms with Crippen molar-refractivity contribution in [3.05, 3.63) is 46.5 Å². The van der Waals surface area contributed by atoms with Gasteiger partial charge in [-0.05, 0) is 69.6 Å². The van der Waals surface area contributed by atoms with E-state index in [1.807, 2.05) is 6.07 Å². The van der Waals surface area contributed by atoms with Crippen molar-refractivity contribution in [2.45, 2.75) is 115 Å². The molecule has 19 heteroatoms. The first kappa shape index (κ1) is 41.3. The van der Waals surface area contributed by atoms with Gasteiger partial charge in [-0.3, -0.25) is 19.3 Å². The number of ketones is 1. The minimum Gasteiger partial charge on any atom is -0.444 e. The number of benzene rings is 1. The number of allylic oxidation sites excluding steroid dienone is 2. The number of ether oxygens (including phenoxy) is 2. The number of nitrogens with one attached hydrogen (secondary N) is 3. The standard InChI is InChI=1S/C35H45ClF3N5O9S/c1-33(2,3)53-31(48)41-26-13-8-6-4-5-7-11-22-15-34(22,30(47)42-54(50,51)40-20-35(37,38)39)16-28(45)27-14-23(18-44(27)29(26)46)52-32(49)43-17-21-10-9-12-25(36)24(21)19-43/h7,9-12,22-23,26-27,40H,4-6,8,13-20H2,1-3H3,(H,41,48)(H,42,47)/b11-7-/t22-,23+,26-,27?,34+/m0/s1. The fraction of sp³-hybridized carbons (Fsp3) is 0.629. The average Bonchev–Trinajstić information content (AvgIpc) is 3.36. The summed E-state index contributed by atoms with van der Waals surface area (Å²) in [7, 11) is -4.96. The first-order valence-electron chi connectivity index (χ1n) is 17.8. The van der Waals surface area contributed by atoms with E-state index in [9.17, 15) is 45.6 Å². The lowest BCUT2D eigenvalue weighted by molar-refractivity contribution is -0.140. The maximum absolute atomic E-state index is 14.3. The van der Waals surface area contributed by atoms with Gasteiger partial charge >= 0.3 is 28.6 Å². The molecular formula is C35H45ClF3N5O9S. The number of hydrogen-bond donors (Lipinski definition) is 3. The highest BCUT2D eigenvalue weighted by Gasteiger charge is 2.61. The molecule has 3 aliphatic heterocycles. The smallest absolute Gasteiger partial charge is 0.410 e. The predicted molar refractivity (Wildman–Crippen MR) is 188 cm³/mol. The normalized spacial score (nSPS) is 27.1. The van der Waals surface area contributed by atoms with Crippen LogP contribution in [0.3, 0.4) is 0 Å². The number of alkyl halides is 3. The van der Waals surface area contributed by atoms with E-state index in [0.29, 0.717) is 30.7 Å². The van der Waals surface area contributed by atoms with E-state index in [0.717, 1.165) is 11.1 Å². The molecule has 1 aromatic rings. The topological polar surface area (TPSA) is 181 Å². The van der Waals surface area contributed by atoms with E-state index < -0.39 is 94.3 Å². The number of carbonyl (C=O) groups is 5. The zero-order valence-electron chi connectivity index (χ0n) is 30.2. The van der Waals surface area contributed by atoms with Gasteiger partial charge < -0.3 is 19.7 Å². The second-order valence-electron chi connectivity index (χ2n) is 15.2. The van der Waals surface area contributed by atoms with Crippen molar-refractivity contribution in [1.29, 1.82) is 0 Å². The minimum atomic E-state index is -4.96. The van der Waals surface area contributed by atoms with Crippen LogP contribution in [0.4, 0.5) is 22.8 Å². The van der Waals surface area contributed by atoms with Crippen LogP contribution in [0.2, 0.25) is 5.02 Å². The van der Waals surface area contributed by atoms with Gasteiger partial charge in [0, 0.05) is 24.4 Å². The van der Waals surface area contributed by atoms with Crippen molar-refractivity contribution in [2.75, 3.05) is 13.1 Å². The van der Waals surface area contributed by atoms with Crippen molar-refractivity contribution in [2.24, 2.45) is 11.3 Å². The Morgan fingerprint density at radius 1 is 1.07 bits per heavy atom. The van der Waals surface area contributed by atoms with Crippen molar-refractivity contribution < 1.29 is 55.0 Å². The van der Waals surface area contributed by atoms with E-state index in [2.05, 4.69) is 5.32 Å². The largest absolute Gasteiger partial charge is 0.444 e. The highest BCUT2D eigenvalue weighted by molar-refractivity contribution is 7.88. The molecule has 298 valence electrons. The Labute approximate surface area is 316 Å². The van der Waals surface area contributed by atoms with E-state index >= 15 is 0 Å². The van der Waals surface area contributed by atoms with Crippen LogP contribution in [0.5, 0.6) is 0 Å². The summed E-state index contributed by atoms with van der Waals surface area (Å²) in [6.45, 7) is 3.24. The SMILES string of the molecule is CC(C)(C)OC(=O)N[C@H]1CCCCC/C=C\[C@H]2C[C@@]2(C(=O)NS(=O)(=O)NCC(F)(F)F)CC(=O)C2C[C@@H](OC(=O)N3Cc4cccc(Cl)c4C3)CN2C1=O. The number of alkyl carbamates (subject to hydrolysis) is 1. The zero-order chi connectivity index (χ0) is 39.6. The first-order valence-corrected chi connectivity index (χ1v) is 19.6. The van der Waals surface area contributed by atoms with Gasteiger partial charge in [-0.2, -0.15) is 26.3 Å². The van der Waals surface area contributed by atoms with Crippen molar-refractivity contribution in [3.63, 3.8) is 0 Å². The van der Waals surface area contributed by atoms with Gasteiger partial charge in [0.2, 0.25) is 11.8 Å². The molecule has 3 heterocycles. The Balaban J connectivity index is 1.40. The van der Waals surface area contributed by atoms with Crippen molar-refractivity contribution >= 4 is 51.6 Å². The molecule has 5 atom stereocenters. The molecule has 1 unspecified atom stereocenters. The van der Waals surface area contributed by atoms with E-state index in [-0.39, 0.29) is 38.9 Å². The lowest BCUT2D eigenvalue weighted by Gasteiger charge is -2.30. The molecule has 1 saturated heterocycles. The summed E-state index contributed by atoms with van der Waals surface area (Å²) in [5.74, 6) is -3.08. The Hall–Kier alpha value is -3.90. The number of halogens is 4. The van der Waals surface area contributed by atoms with Crippen LogP contribution >= 0.6 is 11.6 Å². The zero-order valence-corrected chi connectivity index (χ0v) is 31.7. The van der Waals surface area contributed by atoms with Gasteiger partial charge in [0.25, 0.3) is 0 Å². The molecule has 5 rings (SSSR count). The summed E-state index contributed by atoms with van der Waals surface area (Å²) in [6.07, 6.45) is -2.07. The molecule has 1 aromatic carbocycles. The number of amides is 4. The highest BCUT2D eigenvalue weighted by atomic mass is 35.5. The van der Waals surface area contributed by atoms with E-state index in [1.165, 1.54) is 14.5 Å². The molecule has 0 spiro atoms. The quantitative estimate of drug-likeness (QED) is 0.345. The van der Waals surface area contributed by atoms with Gasteiger partial charge in [-0.15, -0.1) is 0 Å². The minimum absolute atomic E-state index is 0.0237. The maximum Gasteiger partial charge on any atom is 0.410 e. The summed E-state index contributed by atoms with van der Waals surface area (Å²) < 4.78 is 77.4. The van der Waals surface area contributed by atoms with Crippen LogP contribution < -0.4 is 14.8 Å². The molecular weight excluding hydrogens is 759 g/mol. The van der Waals surface area contributed by atoms with Crippen LogP contribution in [-0.2, 0) is 47.2 Å². The van der Waals surface area contributed by atoms with E-state index in [4.69, 9.17) is 21.1 Å². The number of rotatable bonds is 6. The van der Waals surface area contributed by atoms with E-state index in [1.54, 1.807) is 49.8 Å². The summed E-state index contributed by atoms with van der Waals surface area (Å²) >= 11 is 6.32. The average molecular weight is 804 g/mol. The van der Waals surface area contributed by atoms with Gasteiger partial charge in [0.05, 0.1) is 24.5 Å². The molecule has 0 aromatic heterocycles. The number of nitrogens with zero attached hydrogens (tertiary/aromatic N) is 2. The number of hydrogen-bond acceptors (Lipinski definition) is 9. The molecule has 1 aliphatic carbocycles. The highest BCUT2D eigenvalue weighted by Crippen LogP contribution is 2.57. The lowest BCUT2D eigenvalue weighted by atomic mass is 9.91. The predicted octanol–water partition coefficient (Wildman–Crippen LogP) is 4.65. The van der Waals surface area contributed by atoms with Crippen molar-refractivity contribution in [1.82, 2.24) is 24.6 Å². The van der Waals surface area contributed by atoms with Gasteiger partial charge in [-0.1, -0.05) is 48.7 Å². The third kappa shape index (κ3) is 10.4. The summed E-state index contributed by atoms with van der Waals surface area (Å²) in [4.78, 5) is 71.0. The van der Waals surface area contributed by atoms with Gasteiger partial charge in [-0.25, -0.2) is 14.3 Å². The third-order valence-electron chi connectivity index (χ3n) is 9.86. The summed E-state index contributed by atoms with van der Waals surface area (Å²) in [6, 6.07) is 2.91. The Bertz CT molecular complexity index is 1790. The fourth-order valence-electron chi connectivity index (χ4n) is 7.11. The van der Waals surface area contributed by atoms with Crippen LogP contribution in [0.15, 0.2) is 30.4 Å². The molecule has 0 radical (unpaired) electrons. The van der Waals surface area contributed by atoms with Crippen LogP contribution in [0.25, 0.3) is 0 Å². The second kappa shape index (κ2) is 16.1. The van der Waals surface area contributed by atoms with Gasteiger partial charge in [0.1, 0.15) is 24.3 Å². The maximum atomic E-state index is 14.3. The third-order valence-corrected chi connectivity index (χ3v) is 11.2. The lowest BCUT2D eigenvalue weighted by Crippen LogP contribution is -2.53. The van der Waals surface area contributed by atoms with Crippen LogP contribution in [-0.4, -0.2) is 91.1 Å². The summed E-state index contributed by atoms with van der Waals surface area (Å²) in [5.41, 5.74) is -0.912. The Kier molecular flexibility index (Phi) is 12.3. The molecule has 4 aliphatic rings.